The lowest BCUT2D eigenvalue weighted by atomic mass is 9.98. The van der Waals surface area contributed by atoms with Crippen LogP contribution in [-0.4, -0.2) is 67.3 Å². The summed E-state index contributed by atoms with van der Waals surface area (Å²) < 4.78 is 5.87. The standard InChI is InChI=1S/C13H27N3O/c1-3-15-6-7-17-13(9-15)10-16-5-4-12(14)8-11(16)2/h11-13H,3-10,14H2,1-2H3. The highest BCUT2D eigenvalue weighted by atomic mass is 16.5. The summed E-state index contributed by atoms with van der Waals surface area (Å²) in [6, 6.07) is 1.01. The van der Waals surface area contributed by atoms with Gasteiger partial charge in [0.05, 0.1) is 12.7 Å². The van der Waals surface area contributed by atoms with E-state index in [-0.39, 0.29) is 0 Å². The summed E-state index contributed by atoms with van der Waals surface area (Å²) in [7, 11) is 0. The Morgan fingerprint density at radius 1 is 1.35 bits per heavy atom. The lowest BCUT2D eigenvalue weighted by Crippen LogP contribution is -2.52. The van der Waals surface area contributed by atoms with Crippen molar-refractivity contribution in [2.24, 2.45) is 5.73 Å². The van der Waals surface area contributed by atoms with Crippen molar-refractivity contribution in [3.63, 3.8) is 0 Å². The molecule has 2 saturated heterocycles. The number of nitrogens with zero attached hydrogens (tertiary/aromatic N) is 2. The van der Waals surface area contributed by atoms with Gasteiger partial charge in [0.1, 0.15) is 0 Å². The van der Waals surface area contributed by atoms with Crippen molar-refractivity contribution < 1.29 is 4.74 Å². The largest absolute Gasteiger partial charge is 0.374 e. The first-order valence-electron chi connectivity index (χ1n) is 7.02. The Labute approximate surface area is 105 Å². The molecule has 2 N–H and O–H groups in total. The third-order valence-corrected chi connectivity index (χ3v) is 4.16. The van der Waals surface area contributed by atoms with Gasteiger partial charge in [-0.2, -0.15) is 0 Å². The number of likely N-dealkylation sites (tertiary alicyclic amines) is 1. The summed E-state index contributed by atoms with van der Waals surface area (Å²) in [5, 5.41) is 0. The molecule has 0 aromatic heterocycles. The fourth-order valence-corrected chi connectivity index (χ4v) is 2.97. The molecule has 0 aliphatic carbocycles. The lowest BCUT2D eigenvalue weighted by Gasteiger charge is -2.40. The lowest BCUT2D eigenvalue weighted by molar-refractivity contribution is -0.0502. The van der Waals surface area contributed by atoms with Crippen molar-refractivity contribution in [3.8, 4) is 0 Å². The average molecular weight is 241 g/mol. The summed E-state index contributed by atoms with van der Waals surface area (Å²) in [5.41, 5.74) is 6.00. The Morgan fingerprint density at radius 2 is 2.18 bits per heavy atom. The van der Waals surface area contributed by atoms with Crippen molar-refractivity contribution in [2.75, 3.05) is 39.3 Å². The van der Waals surface area contributed by atoms with Crippen molar-refractivity contribution in [3.05, 3.63) is 0 Å². The Morgan fingerprint density at radius 3 is 2.88 bits per heavy atom. The topological polar surface area (TPSA) is 41.7 Å². The van der Waals surface area contributed by atoms with Crippen LogP contribution < -0.4 is 5.73 Å². The number of morpholine rings is 1. The van der Waals surface area contributed by atoms with Crippen LogP contribution in [0.25, 0.3) is 0 Å². The van der Waals surface area contributed by atoms with Crippen LogP contribution in [0.5, 0.6) is 0 Å². The van der Waals surface area contributed by atoms with Crippen LogP contribution in [0, 0.1) is 0 Å². The molecule has 0 spiro atoms. The Balaban J connectivity index is 1.79. The molecule has 2 heterocycles. The molecule has 3 unspecified atom stereocenters. The van der Waals surface area contributed by atoms with Crippen LogP contribution >= 0.6 is 0 Å². The first-order valence-corrected chi connectivity index (χ1v) is 7.02. The smallest absolute Gasteiger partial charge is 0.0829 e. The fraction of sp³-hybridized carbons (Fsp3) is 1.00. The van der Waals surface area contributed by atoms with Crippen molar-refractivity contribution in [2.45, 2.75) is 44.9 Å². The Bertz CT molecular complexity index is 237. The number of hydrogen-bond acceptors (Lipinski definition) is 4. The van der Waals surface area contributed by atoms with Crippen LogP contribution in [-0.2, 0) is 4.74 Å². The van der Waals surface area contributed by atoms with E-state index in [1.807, 2.05) is 0 Å². The molecule has 0 aromatic rings. The van der Waals surface area contributed by atoms with E-state index in [1.165, 1.54) is 0 Å². The van der Waals surface area contributed by atoms with E-state index in [0.29, 0.717) is 18.2 Å². The summed E-state index contributed by atoms with van der Waals surface area (Å²) in [5.74, 6) is 0. The van der Waals surface area contributed by atoms with E-state index >= 15 is 0 Å². The van der Waals surface area contributed by atoms with Gasteiger partial charge >= 0.3 is 0 Å². The maximum absolute atomic E-state index is 6.00. The van der Waals surface area contributed by atoms with Crippen LogP contribution in [0.1, 0.15) is 26.7 Å². The average Bonchev–Trinajstić information content (AvgIpc) is 2.33. The zero-order valence-electron chi connectivity index (χ0n) is 11.3. The van der Waals surface area contributed by atoms with E-state index in [4.69, 9.17) is 10.5 Å². The Hall–Kier alpha value is -0.160. The van der Waals surface area contributed by atoms with Gasteiger partial charge in [-0.1, -0.05) is 6.92 Å². The molecular weight excluding hydrogens is 214 g/mol. The minimum Gasteiger partial charge on any atom is -0.374 e. The van der Waals surface area contributed by atoms with E-state index in [1.54, 1.807) is 0 Å². The summed E-state index contributed by atoms with van der Waals surface area (Å²) in [6.07, 6.45) is 2.65. The van der Waals surface area contributed by atoms with Crippen LogP contribution in [0.15, 0.2) is 0 Å². The van der Waals surface area contributed by atoms with Gasteiger partial charge in [-0.25, -0.2) is 0 Å². The molecule has 0 saturated carbocycles. The van der Waals surface area contributed by atoms with Crippen molar-refractivity contribution in [1.29, 1.82) is 0 Å². The van der Waals surface area contributed by atoms with Gasteiger partial charge in [-0.3, -0.25) is 9.80 Å². The van der Waals surface area contributed by atoms with Gasteiger partial charge in [0.2, 0.25) is 0 Å². The van der Waals surface area contributed by atoms with Crippen molar-refractivity contribution in [1.82, 2.24) is 9.80 Å². The van der Waals surface area contributed by atoms with E-state index in [0.717, 1.165) is 52.2 Å². The van der Waals surface area contributed by atoms with Crippen LogP contribution in [0.2, 0.25) is 0 Å². The highest BCUT2D eigenvalue weighted by Gasteiger charge is 2.27. The second-order valence-corrected chi connectivity index (χ2v) is 5.51. The predicted molar refractivity (Wildman–Crippen MR) is 70.1 cm³/mol. The quantitative estimate of drug-likeness (QED) is 0.782. The maximum atomic E-state index is 6.00. The number of piperidine rings is 1. The molecule has 3 atom stereocenters. The third kappa shape index (κ3) is 3.65. The van der Waals surface area contributed by atoms with E-state index in [9.17, 15) is 0 Å². The molecule has 4 heteroatoms. The first-order chi connectivity index (χ1) is 8.19. The second-order valence-electron chi connectivity index (χ2n) is 5.51. The van der Waals surface area contributed by atoms with E-state index in [2.05, 4.69) is 23.6 Å². The molecule has 0 aromatic carbocycles. The van der Waals surface area contributed by atoms with Crippen LogP contribution in [0.3, 0.4) is 0 Å². The molecule has 17 heavy (non-hydrogen) atoms. The molecular formula is C13H27N3O. The molecule has 2 rings (SSSR count). The number of hydrogen-bond donors (Lipinski definition) is 1. The molecule has 2 fully saturated rings. The van der Waals surface area contributed by atoms with Gasteiger partial charge in [0.15, 0.2) is 0 Å². The maximum Gasteiger partial charge on any atom is 0.0829 e. The Kier molecular flexibility index (Phi) is 4.79. The zero-order chi connectivity index (χ0) is 12.3. The highest BCUT2D eigenvalue weighted by Crippen LogP contribution is 2.17. The van der Waals surface area contributed by atoms with Gasteiger partial charge < -0.3 is 10.5 Å². The molecule has 2 aliphatic heterocycles. The van der Waals surface area contributed by atoms with E-state index < -0.39 is 0 Å². The van der Waals surface area contributed by atoms with Gasteiger partial charge in [0, 0.05) is 31.7 Å². The fourth-order valence-electron chi connectivity index (χ4n) is 2.97. The number of nitrogens with two attached hydrogens (primary N) is 1. The summed E-state index contributed by atoms with van der Waals surface area (Å²) in [4.78, 5) is 5.03. The molecule has 0 amide bonds. The molecule has 2 aliphatic rings. The van der Waals surface area contributed by atoms with Crippen LogP contribution in [0.4, 0.5) is 0 Å². The zero-order valence-corrected chi connectivity index (χ0v) is 11.3. The predicted octanol–water partition coefficient (Wildman–Crippen LogP) is 0.519. The number of rotatable bonds is 3. The van der Waals surface area contributed by atoms with Gasteiger partial charge in [-0.15, -0.1) is 0 Å². The number of likely N-dealkylation sites (N-methyl/N-ethyl adjacent to an activating group) is 1. The second kappa shape index (κ2) is 6.14. The van der Waals surface area contributed by atoms with Crippen molar-refractivity contribution >= 4 is 0 Å². The normalized spacial score (nSPS) is 37.2. The molecule has 0 bridgehead atoms. The summed E-state index contributed by atoms with van der Waals surface area (Å²) >= 11 is 0. The first kappa shape index (κ1) is 13.3. The summed E-state index contributed by atoms with van der Waals surface area (Å²) in [6.45, 7) is 10.9. The highest BCUT2D eigenvalue weighted by molar-refractivity contribution is 4.84. The third-order valence-electron chi connectivity index (χ3n) is 4.16. The minimum absolute atomic E-state index is 0.389. The van der Waals surface area contributed by atoms with Gasteiger partial charge in [0.25, 0.3) is 0 Å². The monoisotopic (exact) mass is 241 g/mol. The minimum atomic E-state index is 0.389. The molecule has 100 valence electrons. The SMILES string of the molecule is CCN1CCOC(CN2CCC(N)CC2C)C1. The molecule has 0 radical (unpaired) electrons. The number of ether oxygens (including phenoxy) is 1. The van der Waals surface area contributed by atoms with Gasteiger partial charge in [-0.05, 0) is 32.9 Å². The molecule has 4 nitrogen and oxygen atoms in total.